The summed E-state index contributed by atoms with van der Waals surface area (Å²) in [7, 11) is 1.69. The molecule has 0 aliphatic carbocycles. The summed E-state index contributed by atoms with van der Waals surface area (Å²) in [6, 6.07) is 6.38. The number of benzene rings is 1. The summed E-state index contributed by atoms with van der Waals surface area (Å²) in [5.41, 5.74) is -0.512. The number of hydrogen-bond acceptors (Lipinski definition) is 4. The summed E-state index contributed by atoms with van der Waals surface area (Å²) < 4.78 is 0. The molecule has 0 unspecified atom stereocenters. The normalized spacial score (nSPS) is 16.2. The molecule has 130 valence electrons. The second-order valence-corrected chi connectivity index (χ2v) is 7.08. The van der Waals surface area contributed by atoms with E-state index in [1.165, 1.54) is 6.07 Å². The van der Waals surface area contributed by atoms with Gasteiger partial charge in [0.15, 0.2) is 0 Å². The van der Waals surface area contributed by atoms with Gasteiger partial charge in [0.2, 0.25) is 0 Å². The van der Waals surface area contributed by atoms with Crippen molar-refractivity contribution < 1.29 is 19.5 Å². The molecule has 1 heterocycles. The second-order valence-electron chi connectivity index (χ2n) is 5.85. The van der Waals surface area contributed by atoms with Gasteiger partial charge in [0.05, 0.1) is 0 Å². The lowest BCUT2D eigenvalue weighted by Crippen LogP contribution is -2.56. The van der Waals surface area contributed by atoms with E-state index in [-0.39, 0.29) is 5.91 Å². The van der Waals surface area contributed by atoms with Crippen molar-refractivity contribution in [3.63, 3.8) is 0 Å². The largest absolute Gasteiger partial charge is 0.480 e. The molecule has 1 aliphatic heterocycles. The molecular formula is C17H22N2O4S. The molecule has 0 saturated carbocycles. The van der Waals surface area contributed by atoms with Gasteiger partial charge in [-0.3, -0.25) is 9.59 Å². The van der Waals surface area contributed by atoms with Gasteiger partial charge in [0.25, 0.3) is 11.8 Å². The lowest BCUT2D eigenvalue weighted by atomic mass is 9.91. The highest BCUT2D eigenvalue weighted by molar-refractivity contribution is 7.99. The van der Waals surface area contributed by atoms with Gasteiger partial charge in [-0.05, 0) is 49.5 Å². The average molecular weight is 350 g/mol. The molecule has 1 aromatic rings. The minimum atomic E-state index is -1.22. The van der Waals surface area contributed by atoms with Crippen molar-refractivity contribution >= 4 is 29.5 Å². The summed E-state index contributed by atoms with van der Waals surface area (Å²) in [4.78, 5) is 38.0. The van der Waals surface area contributed by atoms with Crippen LogP contribution in [0.1, 0.15) is 40.5 Å². The van der Waals surface area contributed by atoms with E-state index >= 15 is 0 Å². The Balaban J connectivity index is 2.20. The summed E-state index contributed by atoms with van der Waals surface area (Å²) in [6.45, 7) is 2.43. The average Bonchev–Trinajstić information content (AvgIpc) is 2.61. The maximum atomic E-state index is 12.5. The summed E-state index contributed by atoms with van der Waals surface area (Å²) in [6.07, 6.45) is 0.797. The molecular weight excluding hydrogens is 328 g/mol. The summed E-state index contributed by atoms with van der Waals surface area (Å²) in [5, 5.41) is 12.2. The minimum Gasteiger partial charge on any atom is -0.480 e. The Morgan fingerprint density at radius 2 is 1.88 bits per heavy atom. The fraction of sp³-hybridized carbons (Fsp3) is 0.471. The quantitative estimate of drug-likeness (QED) is 0.846. The number of carbonyl (C=O) groups is 3. The number of carboxylic acid groups (broad SMARTS) is 1. The number of thioether (sulfide) groups is 1. The molecule has 1 fully saturated rings. The van der Waals surface area contributed by atoms with Crippen LogP contribution in [0.3, 0.4) is 0 Å². The SMILES string of the molecule is CCN(C)C(=O)c1cccc(C(=O)NC2(C(=O)O)CCSCC2)c1. The Kier molecular flexibility index (Phi) is 5.88. The fourth-order valence-corrected chi connectivity index (χ4v) is 3.75. The van der Waals surface area contributed by atoms with Crippen molar-refractivity contribution in [1.29, 1.82) is 0 Å². The molecule has 6 nitrogen and oxygen atoms in total. The van der Waals surface area contributed by atoms with E-state index in [4.69, 9.17) is 0 Å². The van der Waals surface area contributed by atoms with Gasteiger partial charge in [0, 0.05) is 24.7 Å². The molecule has 7 heteroatoms. The molecule has 1 saturated heterocycles. The smallest absolute Gasteiger partial charge is 0.329 e. The highest BCUT2D eigenvalue weighted by Crippen LogP contribution is 2.28. The molecule has 2 N–H and O–H groups in total. The molecule has 0 radical (unpaired) electrons. The minimum absolute atomic E-state index is 0.172. The van der Waals surface area contributed by atoms with E-state index in [1.807, 2.05) is 6.92 Å². The standard InChI is InChI=1S/C17H22N2O4S/c1-3-19(2)15(21)13-6-4-5-12(11-13)14(20)18-17(16(22)23)7-9-24-10-8-17/h4-6,11H,3,7-10H2,1-2H3,(H,18,20)(H,22,23). The van der Waals surface area contributed by atoms with Gasteiger partial charge in [-0.25, -0.2) is 4.79 Å². The van der Waals surface area contributed by atoms with Crippen LogP contribution in [0.5, 0.6) is 0 Å². The van der Waals surface area contributed by atoms with Crippen molar-refractivity contribution in [1.82, 2.24) is 10.2 Å². The van der Waals surface area contributed by atoms with E-state index in [2.05, 4.69) is 5.32 Å². The van der Waals surface area contributed by atoms with E-state index in [1.54, 1.807) is 41.9 Å². The van der Waals surface area contributed by atoms with Crippen molar-refractivity contribution in [3.05, 3.63) is 35.4 Å². The number of aliphatic carboxylic acids is 1. The molecule has 24 heavy (non-hydrogen) atoms. The van der Waals surface area contributed by atoms with Crippen LogP contribution in [-0.4, -0.2) is 58.4 Å². The van der Waals surface area contributed by atoms with E-state index in [0.717, 1.165) is 0 Å². The maximum absolute atomic E-state index is 12.5. The first-order chi connectivity index (χ1) is 11.4. The van der Waals surface area contributed by atoms with Gasteiger partial charge in [-0.15, -0.1) is 0 Å². The van der Waals surface area contributed by atoms with Gasteiger partial charge < -0.3 is 15.3 Å². The first-order valence-corrected chi connectivity index (χ1v) is 9.04. The topological polar surface area (TPSA) is 86.7 Å². The van der Waals surface area contributed by atoms with Gasteiger partial charge >= 0.3 is 5.97 Å². The third-order valence-electron chi connectivity index (χ3n) is 4.30. The van der Waals surface area contributed by atoms with Crippen LogP contribution in [0.2, 0.25) is 0 Å². The molecule has 2 amide bonds. The van der Waals surface area contributed by atoms with Crippen LogP contribution >= 0.6 is 11.8 Å². The predicted molar refractivity (Wildman–Crippen MR) is 93.5 cm³/mol. The monoisotopic (exact) mass is 350 g/mol. The van der Waals surface area contributed by atoms with Crippen LogP contribution in [0.4, 0.5) is 0 Å². The van der Waals surface area contributed by atoms with Crippen molar-refractivity contribution in [2.45, 2.75) is 25.3 Å². The number of nitrogens with one attached hydrogen (secondary N) is 1. The zero-order chi connectivity index (χ0) is 17.7. The second kappa shape index (κ2) is 7.70. The zero-order valence-corrected chi connectivity index (χ0v) is 14.7. The molecule has 0 aromatic heterocycles. The van der Waals surface area contributed by atoms with E-state index in [0.29, 0.717) is 42.0 Å². The third kappa shape index (κ3) is 3.90. The first-order valence-electron chi connectivity index (χ1n) is 7.89. The molecule has 0 spiro atoms. The van der Waals surface area contributed by atoms with Gasteiger partial charge in [-0.1, -0.05) is 6.07 Å². The maximum Gasteiger partial charge on any atom is 0.329 e. The number of nitrogens with zero attached hydrogens (tertiary/aromatic N) is 1. The van der Waals surface area contributed by atoms with Crippen LogP contribution in [0.15, 0.2) is 24.3 Å². The Hall–Kier alpha value is -2.02. The Labute approximate surface area is 145 Å². The van der Waals surface area contributed by atoms with Crippen LogP contribution in [0.25, 0.3) is 0 Å². The molecule has 1 aliphatic rings. The number of rotatable bonds is 5. The van der Waals surface area contributed by atoms with Crippen LogP contribution in [0, 0.1) is 0 Å². The van der Waals surface area contributed by atoms with Crippen LogP contribution < -0.4 is 5.32 Å². The fourth-order valence-electron chi connectivity index (χ4n) is 2.56. The van der Waals surface area contributed by atoms with Gasteiger partial charge in [0.1, 0.15) is 5.54 Å². The lowest BCUT2D eigenvalue weighted by Gasteiger charge is -2.33. The third-order valence-corrected chi connectivity index (χ3v) is 5.29. The van der Waals surface area contributed by atoms with Crippen molar-refractivity contribution in [3.8, 4) is 0 Å². The molecule has 2 rings (SSSR count). The molecule has 0 bridgehead atoms. The lowest BCUT2D eigenvalue weighted by molar-refractivity contribution is -0.144. The van der Waals surface area contributed by atoms with E-state index in [9.17, 15) is 19.5 Å². The summed E-state index contributed by atoms with van der Waals surface area (Å²) >= 11 is 1.68. The number of hydrogen-bond donors (Lipinski definition) is 2. The zero-order valence-electron chi connectivity index (χ0n) is 13.9. The molecule has 1 aromatic carbocycles. The Morgan fingerprint density at radius 3 is 2.46 bits per heavy atom. The highest BCUT2D eigenvalue weighted by Gasteiger charge is 2.41. The summed E-state index contributed by atoms with van der Waals surface area (Å²) in [5.74, 6) is -0.236. The van der Waals surface area contributed by atoms with Crippen molar-refractivity contribution in [2.75, 3.05) is 25.1 Å². The Morgan fingerprint density at radius 1 is 1.25 bits per heavy atom. The number of carboxylic acids is 1. The van der Waals surface area contributed by atoms with Crippen LogP contribution in [-0.2, 0) is 4.79 Å². The number of carbonyl (C=O) groups excluding carboxylic acids is 2. The Bertz CT molecular complexity index is 641. The van der Waals surface area contributed by atoms with Gasteiger partial charge in [-0.2, -0.15) is 11.8 Å². The van der Waals surface area contributed by atoms with Crippen molar-refractivity contribution in [2.24, 2.45) is 0 Å². The predicted octanol–water partition coefficient (Wildman–Crippen LogP) is 1.86. The first kappa shape index (κ1) is 18.3. The molecule has 0 atom stereocenters. The van der Waals surface area contributed by atoms with E-state index < -0.39 is 17.4 Å². The highest BCUT2D eigenvalue weighted by atomic mass is 32.2. The number of amides is 2.